The quantitative estimate of drug-likeness (QED) is 0.277. The zero-order valence-corrected chi connectivity index (χ0v) is 24.1. The number of aliphatic hydroxyl groups excluding tert-OH is 1. The zero-order chi connectivity index (χ0) is 30.8. The van der Waals surface area contributed by atoms with Crippen molar-refractivity contribution in [2.45, 2.75) is 37.6 Å². The molecule has 6 rings (SSSR count). The third-order valence-electron chi connectivity index (χ3n) is 8.25. The number of aromatic nitrogens is 3. The molecule has 4 aromatic rings. The molecule has 2 aliphatic heterocycles. The number of fused-ring (bicyclic) bond motifs is 1. The SMILES string of the molecule is Cn1nc(-c2cccc(C3NN=Cc4ccccc43)c2CO)cc(Nc2ccc(C3CCN(CC(F)(F)F)CC3)cn2)c1=O. The lowest BCUT2D eigenvalue weighted by atomic mass is 9.88. The lowest BCUT2D eigenvalue weighted by molar-refractivity contribution is -0.147. The molecule has 0 saturated carbocycles. The average molecular weight is 604 g/mol. The molecule has 0 aliphatic carbocycles. The number of hydrazone groups is 1. The molecule has 228 valence electrons. The van der Waals surface area contributed by atoms with Crippen LogP contribution in [-0.2, 0) is 13.7 Å². The summed E-state index contributed by atoms with van der Waals surface area (Å²) in [4.78, 5) is 19.0. The van der Waals surface area contributed by atoms with Gasteiger partial charge in [0.05, 0.1) is 31.1 Å². The molecule has 3 N–H and O–H groups in total. The maximum Gasteiger partial charge on any atom is 0.401 e. The van der Waals surface area contributed by atoms with Crippen molar-refractivity contribution < 1.29 is 18.3 Å². The Labute approximate surface area is 252 Å². The number of rotatable bonds is 7. The number of piperidine rings is 1. The number of nitrogens with zero attached hydrogens (tertiary/aromatic N) is 5. The van der Waals surface area contributed by atoms with E-state index in [0.29, 0.717) is 48.6 Å². The summed E-state index contributed by atoms with van der Waals surface area (Å²) >= 11 is 0. The van der Waals surface area contributed by atoms with Gasteiger partial charge in [0.25, 0.3) is 5.56 Å². The Morgan fingerprint density at radius 2 is 1.82 bits per heavy atom. The summed E-state index contributed by atoms with van der Waals surface area (Å²) in [7, 11) is 1.56. The number of likely N-dealkylation sites (tertiary alicyclic amines) is 1. The highest BCUT2D eigenvalue weighted by Crippen LogP contribution is 2.35. The van der Waals surface area contributed by atoms with E-state index in [1.165, 1.54) is 9.58 Å². The van der Waals surface area contributed by atoms with E-state index >= 15 is 0 Å². The number of halogens is 3. The van der Waals surface area contributed by atoms with Crippen LogP contribution in [0.5, 0.6) is 0 Å². The highest BCUT2D eigenvalue weighted by molar-refractivity contribution is 5.83. The fourth-order valence-corrected chi connectivity index (χ4v) is 6.04. The van der Waals surface area contributed by atoms with Crippen LogP contribution in [0.2, 0.25) is 0 Å². The number of hydrogen-bond donors (Lipinski definition) is 3. The zero-order valence-electron chi connectivity index (χ0n) is 24.1. The van der Waals surface area contributed by atoms with Crippen molar-refractivity contribution in [1.82, 2.24) is 25.1 Å². The number of aliphatic hydroxyl groups is 1. The van der Waals surface area contributed by atoms with Crippen molar-refractivity contribution in [1.29, 1.82) is 0 Å². The van der Waals surface area contributed by atoms with E-state index in [1.807, 2.05) is 48.5 Å². The largest absolute Gasteiger partial charge is 0.401 e. The Morgan fingerprint density at radius 1 is 1.05 bits per heavy atom. The lowest BCUT2D eigenvalue weighted by Gasteiger charge is -2.32. The fourth-order valence-electron chi connectivity index (χ4n) is 6.04. The molecule has 1 fully saturated rings. The first-order chi connectivity index (χ1) is 21.2. The second kappa shape index (κ2) is 12.2. The van der Waals surface area contributed by atoms with Gasteiger partial charge in [-0.25, -0.2) is 9.67 Å². The lowest BCUT2D eigenvalue weighted by Crippen LogP contribution is -2.39. The second-order valence-electron chi connectivity index (χ2n) is 11.1. The molecule has 1 atom stereocenters. The van der Waals surface area contributed by atoms with E-state index in [2.05, 4.69) is 25.9 Å². The minimum Gasteiger partial charge on any atom is -0.392 e. The van der Waals surface area contributed by atoms with Gasteiger partial charge in [-0.2, -0.15) is 23.4 Å². The molecular formula is C32H32F3N7O2. The third kappa shape index (κ3) is 6.22. The van der Waals surface area contributed by atoms with Crippen molar-refractivity contribution in [2.24, 2.45) is 12.1 Å². The summed E-state index contributed by atoms with van der Waals surface area (Å²) in [5.74, 6) is 0.580. The Bertz CT molecular complexity index is 1730. The Hall–Kier alpha value is -4.55. The molecule has 2 aromatic heterocycles. The van der Waals surface area contributed by atoms with E-state index < -0.39 is 12.7 Å². The van der Waals surface area contributed by atoms with Crippen molar-refractivity contribution in [3.05, 3.63) is 105 Å². The van der Waals surface area contributed by atoms with Crippen molar-refractivity contribution >= 4 is 17.7 Å². The number of hydrogen-bond acceptors (Lipinski definition) is 8. The molecule has 0 bridgehead atoms. The average Bonchev–Trinajstić information content (AvgIpc) is 3.02. The van der Waals surface area contributed by atoms with Gasteiger partial charge < -0.3 is 10.4 Å². The van der Waals surface area contributed by atoms with Gasteiger partial charge >= 0.3 is 6.18 Å². The van der Waals surface area contributed by atoms with Crippen LogP contribution in [0.4, 0.5) is 24.7 Å². The molecule has 12 heteroatoms. The van der Waals surface area contributed by atoms with Crippen molar-refractivity contribution in [2.75, 3.05) is 25.0 Å². The summed E-state index contributed by atoms with van der Waals surface area (Å²) in [6, 6.07) is 18.7. The first-order valence-corrected chi connectivity index (χ1v) is 14.4. The maximum atomic E-state index is 13.1. The summed E-state index contributed by atoms with van der Waals surface area (Å²) < 4.78 is 39.5. The molecule has 2 aliphatic rings. The van der Waals surface area contributed by atoms with Gasteiger partial charge in [0.1, 0.15) is 11.5 Å². The standard InChI is InChI=1S/C32H32F3N7O2/c1-41-31(44)28(38-29-10-9-21(16-36-29)20-11-13-42(14-12-20)19-32(33,34)35)15-27(40-41)24-7-4-8-25(26(24)18-43)30-23-6-3-2-5-22(23)17-37-39-30/h2-10,15-17,20,30,39,43H,11-14,18-19H2,1H3,(H,36,38). The number of alkyl halides is 3. The minimum absolute atomic E-state index is 0.127. The summed E-state index contributed by atoms with van der Waals surface area (Å²) in [5.41, 5.74) is 8.74. The van der Waals surface area contributed by atoms with E-state index in [0.717, 1.165) is 22.3 Å². The summed E-state index contributed by atoms with van der Waals surface area (Å²) in [6.07, 6.45) is 0.535. The monoisotopic (exact) mass is 603 g/mol. The minimum atomic E-state index is -4.19. The van der Waals surface area contributed by atoms with Gasteiger partial charge in [-0.05, 0) is 66.2 Å². The first-order valence-electron chi connectivity index (χ1n) is 14.4. The molecular weight excluding hydrogens is 571 g/mol. The number of anilines is 2. The normalized spacial score (nSPS) is 17.2. The number of nitrogens with one attached hydrogen (secondary N) is 2. The van der Waals surface area contributed by atoms with E-state index in [1.54, 1.807) is 31.6 Å². The molecule has 0 radical (unpaired) electrons. The molecule has 0 spiro atoms. The van der Waals surface area contributed by atoms with Crippen LogP contribution in [0.15, 0.2) is 76.8 Å². The maximum absolute atomic E-state index is 13.1. The topological polar surface area (TPSA) is 108 Å². The second-order valence-corrected chi connectivity index (χ2v) is 11.1. The Kier molecular flexibility index (Phi) is 8.19. The van der Waals surface area contributed by atoms with Crippen molar-refractivity contribution in [3.63, 3.8) is 0 Å². The van der Waals surface area contributed by atoms with E-state index in [4.69, 9.17) is 0 Å². The van der Waals surface area contributed by atoms with Crippen LogP contribution >= 0.6 is 0 Å². The van der Waals surface area contributed by atoms with Crippen LogP contribution in [0.1, 0.15) is 52.6 Å². The highest BCUT2D eigenvalue weighted by Gasteiger charge is 2.33. The van der Waals surface area contributed by atoms with Crippen molar-refractivity contribution in [3.8, 4) is 11.3 Å². The highest BCUT2D eigenvalue weighted by atomic mass is 19.4. The van der Waals surface area contributed by atoms with Gasteiger partial charge in [-0.1, -0.05) is 48.5 Å². The Morgan fingerprint density at radius 3 is 2.55 bits per heavy atom. The summed E-state index contributed by atoms with van der Waals surface area (Å²) in [6.45, 7) is -0.365. The van der Waals surface area contributed by atoms with Crippen LogP contribution in [-0.4, -0.2) is 56.8 Å². The van der Waals surface area contributed by atoms with Crippen LogP contribution in [0.25, 0.3) is 11.3 Å². The number of benzene rings is 2. The number of aryl methyl sites for hydroxylation is 1. The van der Waals surface area contributed by atoms with Crippen LogP contribution in [0.3, 0.4) is 0 Å². The predicted molar refractivity (Wildman–Crippen MR) is 162 cm³/mol. The third-order valence-corrected chi connectivity index (χ3v) is 8.25. The fraction of sp³-hybridized carbons (Fsp3) is 0.312. The van der Waals surface area contributed by atoms with Gasteiger partial charge in [-0.15, -0.1) is 0 Å². The molecule has 2 aromatic carbocycles. The molecule has 1 saturated heterocycles. The van der Waals surface area contributed by atoms with Crippen LogP contribution in [0, 0.1) is 0 Å². The molecule has 44 heavy (non-hydrogen) atoms. The van der Waals surface area contributed by atoms with Gasteiger partial charge in [0.15, 0.2) is 0 Å². The molecule has 1 unspecified atom stereocenters. The first kappa shape index (κ1) is 29.5. The van der Waals surface area contributed by atoms with Gasteiger partial charge in [0.2, 0.25) is 0 Å². The smallest absolute Gasteiger partial charge is 0.392 e. The van der Waals surface area contributed by atoms with E-state index in [-0.39, 0.29) is 29.8 Å². The van der Waals surface area contributed by atoms with E-state index in [9.17, 15) is 23.1 Å². The molecule has 0 amide bonds. The summed E-state index contributed by atoms with van der Waals surface area (Å²) in [5, 5.41) is 22.4. The number of pyridine rings is 1. The predicted octanol–water partition coefficient (Wildman–Crippen LogP) is 4.85. The van der Waals surface area contributed by atoms with Crippen LogP contribution < -0.4 is 16.3 Å². The van der Waals surface area contributed by atoms with Gasteiger partial charge in [-0.3, -0.25) is 15.1 Å². The Balaban J connectivity index is 1.23. The van der Waals surface area contributed by atoms with Gasteiger partial charge in [0, 0.05) is 24.4 Å². The molecule has 4 heterocycles. The molecule has 9 nitrogen and oxygen atoms in total.